The van der Waals surface area contributed by atoms with Crippen LogP contribution < -0.4 is 5.73 Å². The van der Waals surface area contributed by atoms with Crippen molar-refractivity contribution in [1.82, 2.24) is 0 Å². The van der Waals surface area contributed by atoms with E-state index in [0.29, 0.717) is 12.7 Å². The monoisotopic (exact) mass is 261 g/mol. The quantitative estimate of drug-likeness (QED) is 0.892. The van der Waals surface area contributed by atoms with Crippen LogP contribution in [0.4, 0.5) is 0 Å². The van der Waals surface area contributed by atoms with E-state index < -0.39 is 0 Å². The van der Waals surface area contributed by atoms with Gasteiger partial charge >= 0.3 is 0 Å². The number of ether oxygens (including phenoxy) is 1. The molecule has 2 heteroatoms. The van der Waals surface area contributed by atoms with Crippen molar-refractivity contribution < 1.29 is 4.74 Å². The van der Waals surface area contributed by atoms with Gasteiger partial charge in [0.1, 0.15) is 0 Å². The third-order valence-corrected chi connectivity index (χ3v) is 4.15. The van der Waals surface area contributed by atoms with Gasteiger partial charge in [-0.3, -0.25) is 0 Å². The molecule has 1 fully saturated rings. The molecule has 0 radical (unpaired) electrons. The van der Waals surface area contributed by atoms with Crippen molar-refractivity contribution in [3.8, 4) is 0 Å². The maximum Gasteiger partial charge on any atom is 0.0663 e. The zero-order chi connectivity index (χ0) is 13.8. The molecule has 2 nitrogen and oxygen atoms in total. The Labute approximate surface area is 117 Å². The number of aryl methyl sites for hydroxylation is 2. The summed E-state index contributed by atoms with van der Waals surface area (Å²) in [6.07, 6.45) is 5.40. The van der Waals surface area contributed by atoms with E-state index in [1.54, 1.807) is 0 Å². The molecule has 0 aliphatic heterocycles. The predicted molar refractivity (Wildman–Crippen MR) is 80.2 cm³/mol. The van der Waals surface area contributed by atoms with E-state index in [2.05, 4.69) is 39.0 Å². The summed E-state index contributed by atoms with van der Waals surface area (Å²) in [6.45, 7) is 7.21. The number of rotatable bonds is 4. The Morgan fingerprint density at radius 2 is 1.68 bits per heavy atom. The zero-order valence-electron chi connectivity index (χ0n) is 12.5. The number of hydrogen-bond donors (Lipinski definition) is 1. The Balaban J connectivity index is 1.85. The minimum atomic E-state index is -0.00190. The minimum Gasteiger partial charge on any atom is -0.376 e. The topological polar surface area (TPSA) is 35.2 Å². The van der Waals surface area contributed by atoms with E-state index in [9.17, 15) is 0 Å². The first-order valence-electron chi connectivity index (χ1n) is 7.50. The molecule has 1 aromatic carbocycles. The van der Waals surface area contributed by atoms with Crippen molar-refractivity contribution in [1.29, 1.82) is 0 Å². The van der Waals surface area contributed by atoms with Gasteiger partial charge in [-0.2, -0.15) is 0 Å². The molecule has 0 bridgehead atoms. The van der Waals surface area contributed by atoms with E-state index in [0.717, 1.165) is 5.92 Å². The van der Waals surface area contributed by atoms with Crippen molar-refractivity contribution >= 4 is 0 Å². The fourth-order valence-corrected chi connectivity index (χ4v) is 2.96. The normalized spacial score (nSPS) is 25.3. The first-order chi connectivity index (χ1) is 9.04. The van der Waals surface area contributed by atoms with Crippen LogP contribution in [-0.4, -0.2) is 12.7 Å². The van der Waals surface area contributed by atoms with Crippen LogP contribution in [0.2, 0.25) is 0 Å². The van der Waals surface area contributed by atoms with Crippen molar-refractivity contribution in [2.45, 2.75) is 58.6 Å². The molecular weight excluding hydrogens is 234 g/mol. The van der Waals surface area contributed by atoms with Crippen molar-refractivity contribution in [2.75, 3.05) is 6.61 Å². The fraction of sp³-hybridized carbons (Fsp3) is 0.647. The van der Waals surface area contributed by atoms with Crippen LogP contribution >= 0.6 is 0 Å². The van der Waals surface area contributed by atoms with E-state index in [-0.39, 0.29) is 6.04 Å². The van der Waals surface area contributed by atoms with E-state index in [4.69, 9.17) is 10.5 Å². The lowest BCUT2D eigenvalue weighted by Gasteiger charge is -2.27. The molecule has 0 amide bonds. The van der Waals surface area contributed by atoms with Crippen LogP contribution in [0, 0.1) is 19.8 Å². The Kier molecular flexibility index (Phi) is 5.00. The highest BCUT2D eigenvalue weighted by Crippen LogP contribution is 2.26. The largest absolute Gasteiger partial charge is 0.376 e. The summed E-state index contributed by atoms with van der Waals surface area (Å²) >= 11 is 0. The van der Waals surface area contributed by atoms with Gasteiger partial charge in [-0.15, -0.1) is 0 Å². The summed E-state index contributed by atoms with van der Waals surface area (Å²) in [4.78, 5) is 0. The molecule has 0 aromatic heterocycles. The summed E-state index contributed by atoms with van der Waals surface area (Å²) in [6, 6.07) is 6.52. The lowest BCUT2D eigenvalue weighted by Crippen LogP contribution is -2.25. The van der Waals surface area contributed by atoms with Gasteiger partial charge in [0.2, 0.25) is 0 Å². The van der Waals surface area contributed by atoms with E-state index in [1.165, 1.54) is 42.4 Å². The average Bonchev–Trinajstić information content (AvgIpc) is 2.36. The van der Waals surface area contributed by atoms with Gasteiger partial charge in [0, 0.05) is 0 Å². The molecule has 1 aromatic rings. The van der Waals surface area contributed by atoms with Crippen molar-refractivity contribution in [3.05, 3.63) is 34.9 Å². The molecule has 1 aliphatic carbocycles. The second kappa shape index (κ2) is 6.53. The SMILES string of the molecule is Cc1cc(C)cc(C(N)COC2CCC(C)CC2)c1. The molecule has 0 saturated heterocycles. The fourth-order valence-electron chi connectivity index (χ4n) is 2.96. The molecular formula is C17H27NO. The molecule has 19 heavy (non-hydrogen) atoms. The van der Waals surface area contributed by atoms with E-state index in [1.807, 2.05) is 0 Å². The van der Waals surface area contributed by atoms with Gasteiger partial charge in [0.15, 0.2) is 0 Å². The van der Waals surface area contributed by atoms with Gasteiger partial charge in [-0.1, -0.05) is 36.2 Å². The first kappa shape index (κ1) is 14.5. The molecule has 106 valence electrons. The third-order valence-electron chi connectivity index (χ3n) is 4.15. The molecule has 1 aliphatic rings. The second-order valence-electron chi connectivity index (χ2n) is 6.24. The molecule has 1 saturated carbocycles. The van der Waals surface area contributed by atoms with Gasteiger partial charge in [0.25, 0.3) is 0 Å². The summed E-state index contributed by atoms with van der Waals surface area (Å²) < 4.78 is 6.00. The molecule has 1 unspecified atom stereocenters. The standard InChI is InChI=1S/C17H27NO/c1-12-4-6-16(7-5-12)19-11-17(18)15-9-13(2)8-14(3)10-15/h8-10,12,16-17H,4-7,11,18H2,1-3H3. The predicted octanol–water partition coefficient (Wildman–Crippen LogP) is 3.90. The summed E-state index contributed by atoms with van der Waals surface area (Å²) in [5.74, 6) is 0.868. The molecule has 2 N–H and O–H groups in total. The third kappa shape index (κ3) is 4.32. The van der Waals surface area contributed by atoms with Crippen molar-refractivity contribution in [3.63, 3.8) is 0 Å². The Morgan fingerprint density at radius 3 is 2.26 bits per heavy atom. The van der Waals surface area contributed by atoms with E-state index >= 15 is 0 Å². The summed E-state index contributed by atoms with van der Waals surface area (Å²) in [5.41, 5.74) is 10.00. The maximum atomic E-state index is 6.25. The molecule has 1 atom stereocenters. The average molecular weight is 261 g/mol. The summed E-state index contributed by atoms with van der Waals surface area (Å²) in [7, 11) is 0. The molecule has 0 spiro atoms. The second-order valence-corrected chi connectivity index (χ2v) is 6.24. The van der Waals surface area contributed by atoms with Crippen LogP contribution in [0.25, 0.3) is 0 Å². The highest BCUT2D eigenvalue weighted by atomic mass is 16.5. The van der Waals surface area contributed by atoms with Gasteiger partial charge in [-0.25, -0.2) is 0 Å². The number of benzene rings is 1. The van der Waals surface area contributed by atoms with Crippen LogP contribution in [-0.2, 0) is 4.74 Å². The summed E-state index contributed by atoms with van der Waals surface area (Å²) in [5, 5.41) is 0. The number of nitrogens with two attached hydrogens (primary N) is 1. The van der Waals surface area contributed by atoms with Gasteiger partial charge < -0.3 is 10.5 Å². The van der Waals surface area contributed by atoms with Crippen LogP contribution in [0.5, 0.6) is 0 Å². The highest BCUT2D eigenvalue weighted by Gasteiger charge is 2.19. The lowest BCUT2D eigenvalue weighted by atomic mass is 9.89. The molecule has 2 rings (SSSR count). The lowest BCUT2D eigenvalue weighted by molar-refractivity contribution is 0.0126. The van der Waals surface area contributed by atoms with Gasteiger partial charge in [-0.05, 0) is 51.0 Å². The Bertz CT molecular complexity index is 387. The Morgan fingerprint density at radius 1 is 1.11 bits per heavy atom. The minimum absolute atomic E-state index is 0.00190. The zero-order valence-corrected chi connectivity index (χ0v) is 12.5. The smallest absolute Gasteiger partial charge is 0.0663 e. The number of hydrogen-bond acceptors (Lipinski definition) is 2. The first-order valence-corrected chi connectivity index (χ1v) is 7.50. The highest BCUT2D eigenvalue weighted by molar-refractivity contribution is 5.30. The Hall–Kier alpha value is -0.860. The maximum absolute atomic E-state index is 6.25. The van der Waals surface area contributed by atoms with Crippen LogP contribution in [0.1, 0.15) is 55.3 Å². The van der Waals surface area contributed by atoms with Crippen LogP contribution in [0.3, 0.4) is 0 Å². The molecule has 0 heterocycles. The van der Waals surface area contributed by atoms with Gasteiger partial charge in [0.05, 0.1) is 18.8 Å². The van der Waals surface area contributed by atoms with Crippen molar-refractivity contribution in [2.24, 2.45) is 11.7 Å². The van der Waals surface area contributed by atoms with Crippen LogP contribution in [0.15, 0.2) is 18.2 Å².